The van der Waals surface area contributed by atoms with E-state index < -0.39 is 0 Å². The number of nitrogens with zero attached hydrogens (tertiary/aromatic N) is 2. The average Bonchev–Trinajstić information content (AvgIpc) is 2.86. The molecule has 2 aromatic carbocycles. The third-order valence-electron chi connectivity index (χ3n) is 2.76. The number of rotatable bonds is 2. The molecule has 0 atom stereocenters. The van der Waals surface area contributed by atoms with Crippen molar-refractivity contribution >= 4 is 28.3 Å². The van der Waals surface area contributed by atoms with Crippen molar-refractivity contribution in [3.63, 3.8) is 0 Å². The zero-order chi connectivity index (χ0) is 13.2. The molecule has 3 aromatic rings. The molecule has 94 valence electrons. The normalized spacial score (nSPS) is 10.5. The summed E-state index contributed by atoms with van der Waals surface area (Å²) in [6.45, 7) is 0. The summed E-state index contributed by atoms with van der Waals surface area (Å²) in [7, 11) is 0. The van der Waals surface area contributed by atoms with Crippen molar-refractivity contribution in [2.24, 2.45) is 0 Å². The van der Waals surface area contributed by atoms with Crippen LogP contribution in [-0.4, -0.2) is 21.1 Å². The zero-order valence-corrected chi connectivity index (χ0v) is 9.92. The number of nitrogens with two attached hydrogens (primary N) is 1. The van der Waals surface area contributed by atoms with Crippen molar-refractivity contribution in [1.29, 1.82) is 0 Å². The number of carbonyl (C=O) groups is 1. The highest BCUT2D eigenvalue weighted by Gasteiger charge is 2.12. The number of H-pyrrole nitrogens is 1. The summed E-state index contributed by atoms with van der Waals surface area (Å²) in [6, 6.07) is 13.5. The van der Waals surface area contributed by atoms with Gasteiger partial charge < -0.3 is 11.1 Å². The summed E-state index contributed by atoms with van der Waals surface area (Å²) in [4.78, 5) is 15.8. The molecule has 0 fully saturated rings. The van der Waals surface area contributed by atoms with E-state index in [4.69, 9.17) is 5.73 Å². The third kappa shape index (κ3) is 2.11. The first-order valence-corrected chi connectivity index (χ1v) is 5.71. The number of amides is 1. The Bertz CT molecular complexity index is 744. The Balaban J connectivity index is 1.95. The van der Waals surface area contributed by atoms with Gasteiger partial charge in [0.1, 0.15) is 0 Å². The van der Waals surface area contributed by atoms with Crippen molar-refractivity contribution in [3.05, 3.63) is 48.3 Å². The summed E-state index contributed by atoms with van der Waals surface area (Å²) < 4.78 is 0. The van der Waals surface area contributed by atoms with Crippen LogP contribution >= 0.6 is 0 Å². The Morgan fingerprint density at radius 3 is 2.74 bits per heavy atom. The highest BCUT2D eigenvalue weighted by Crippen LogP contribution is 2.23. The minimum Gasteiger partial charge on any atom is -0.366 e. The molecule has 0 unspecified atom stereocenters. The number of benzene rings is 2. The number of anilines is 2. The van der Waals surface area contributed by atoms with Crippen LogP contribution in [0.25, 0.3) is 10.8 Å². The molecular formula is C13H11N5O. The van der Waals surface area contributed by atoms with Gasteiger partial charge >= 0.3 is 0 Å². The fourth-order valence-corrected chi connectivity index (χ4v) is 1.89. The minimum absolute atomic E-state index is 0.0445. The first-order chi connectivity index (χ1) is 9.24. The van der Waals surface area contributed by atoms with E-state index in [0.29, 0.717) is 0 Å². The number of nitrogens with one attached hydrogen (secondary N) is 2. The Hall–Kier alpha value is -2.89. The van der Waals surface area contributed by atoms with Crippen molar-refractivity contribution in [1.82, 2.24) is 15.2 Å². The molecule has 1 aromatic heterocycles. The standard InChI is InChI=1S/C13H11N5O/c14-13-16-11(17-18-13)12(19)15-10-7-3-5-8-4-1-2-6-9(8)10/h1-7H,(H,15,19)(H3,14,16,17,18). The molecule has 0 saturated heterocycles. The number of carbonyl (C=O) groups excluding carboxylic acids is 1. The largest absolute Gasteiger partial charge is 0.366 e. The summed E-state index contributed by atoms with van der Waals surface area (Å²) >= 11 is 0. The Kier molecular flexibility index (Phi) is 2.60. The van der Waals surface area contributed by atoms with E-state index in [0.717, 1.165) is 16.5 Å². The van der Waals surface area contributed by atoms with E-state index in [2.05, 4.69) is 20.5 Å². The molecule has 19 heavy (non-hydrogen) atoms. The summed E-state index contributed by atoms with van der Waals surface area (Å²) in [5, 5.41) is 10.9. The quantitative estimate of drug-likeness (QED) is 0.648. The lowest BCUT2D eigenvalue weighted by molar-refractivity contribution is 0.101. The average molecular weight is 253 g/mol. The van der Waals surface area contributed by atoms with Gasteiger partial charge in [-0.15, -0.1) is 5.10 Å². The lowest BCUT2D eigenvalue weighted by Gasteiger charge is -2.06. The summed E-state index contributed by atoms with van der Waals surface area (Å²) in [6.07, 6.45) is 0. The van der Waals surface area contributed by atoms with Gasteiger partial charge in [-0.1, -0.05) is 36.4 Å². The second kappa shape index (κ2) is 4.41. The fraction of sp³-hybridized carbons (Fsp3) is 0. The Morgan fingerprint density at radius 2 is 1.95 bits per heavy atom. The minimum atomic E-state index is -0.374. The van der Waals surface area contributed by atoms with Gasteiger partial charge in [-0.25, -0.2) is 0 Å². The molecule has 0 aliphatic heterocycles. The van der Waals surface area contributed by atoms with Crippen LogP contribution in [0.1, 0.15) is 10.6 Å². The molecule has 1 amide bonds. The molecule has 3 rings (SSSR count). The Labute approximate surface area is 108 Å². The number of hydrogen-bond donors (Lipinski definition) is 3. The third-order valence-corrected chi connectivity index (χ3v) is 2.76. The maximum atomic E-state index is 12.0. The SMILES string of the molecule is Nc1n[nH]c(C(=O)Nc2cccc3ccccc23)n1. The number of aromatic amines is 1. The van der Waals surface area contributed by atoms with E-state index in [9.17, 15) is 4.79 Å². The molecular weight excluding hydrogens is 242 g/mol. The molecule has 6 nitrogen and oxygen atoms in total. The van der Waals surface area contributed by atoms with Crippen LogP contribution in [0.4, 0.5) is 11.6 Å². The molecule has 0 aliphatic carbocycles. The van der Waals surface area contributed by atoms with Gasteiger partial charge in [0, 0.05) is 11.1 Å². The topological polar surface area (TPSA) is 96.7 Å². The molecule has 0 aliphatic rings. The molecule has 0 saturated carbocycles. The predicted molar refractivity (Wildman–Crippen MR) is 72.7 cm³/mol. The smallest absolute Gasteiger partial charge is 0.293 e. The van der Waals surface area contributed by atoms with Crippen LogP contribution in [0.5, 0.6) is 0 Å². The molecule has 6 heteroatoms. The van der Waals surface area contributed by atoms with E-state index in [1.807, 2.05) is 42.5 Å². The van der Waals surface area contributed by atoms with E-state index in [1.165, 1.54) is 0 Å². The molecule has 0 bridgehead atoms. The number of fused-ring (bicyclic) bond motifs is 1. The first-order valence-electron chi connectivity index (χ1n) is 5.71. The van der Waals surface area contributed by atoms with Gasteiger partial charge in [-0.3, -0.25) is 9.89 Å². The highest BCUT2D eigenvalue weighted by molar-refractivity contribution is 6.07. The van der Waals surface area contributed by atoms with Crippen LogP contribution in [0.2, 0.25) is 0 Å². The zero-order valence-electron chi connectivity index (χ0n) is 9.92. The van der Waals surface area contributed by atoms with Crippen LogP contribution < -0.4 is 11.1 Å². The number of hydrogen-bond acceptors (Lipinski definition) is 4. The molecule has 0 spiro atoms. The van der Waals surface area contributed by atoms with E-state index in [1.54, 1.807) is 0 Å². The molecule has 1 heterocycles. The predicted octanol–water partition coefficient (Wildman–Crippen LogP) is 1.79. The van der Waals surface area contributed by atoms with Crippen LogP contribution in [-0.2, 0) is 0 Å². The molecule has 0 radical (unpaired) electrons. The lowest BCUT2D eigenvalue weighted by Crippen LogP contribution is -2.14. The fourth-order valence-electron chi connectivity index (χ4n) is 1.89. The van der Waals surface area contributed by atoms with E-state index in [-0.39, 0.29) is 17.7 Å². The number of aromatic nitrogens is 3. The van der Waals surface area contributed by atoms with Gasteiger partial charge in [0.25, 0.3) is 5.91 Å². The first kappa shape index (κ1) is 11.2. The van der Waals surface area contributed by atoms with Crippen molar-refractivity contribution in [2.45, 2.75) is 0 Å². The summed E-state index contributed by atoms with van der Waals surface area (Å²) in [5.74, 6) is -0.242. The highest BCUT2D eigenvalue weighted by atomic mass is 16.2. The van der Waals surface area contributed by atoms with Crippen LogP contribution in [0, 0.1) is 0 Å². The van der Waals surface area contributed by atoms with Gasteiger partial charge in [0.05, 0.1) is 0 Å². The van der Waals surface area contributed by atoms with Gasteiger partial charge in [-0.2, -0.15) is 4.98 Å². The summed E-state index contributed by atoms with van der Waals surface area (Å²) in [5.41, 5.74) is 6.09. The second-order valence-corrected chi connectivity index (χ2v) is 4.02. The van der Waals surface area contributed by atoms with Crippen LogP contribution in [0.15, 0.2) is 42.5 Å². The van der Waals surface area contributed by atoms with Crippen molar-refractivity contribution < 1.29 is 4.79 Å². The number of nitrogen functional groups attached to an aromatic ring is 1. The van der Waals surface area contributed by atoms with Gasteiger partial charge in [-0.05, 0) is 11.5 Å². The monoisotopic (exact) mass is 253 g/mol. The van der Waals surface area contributed by atoms with E-state index >= 15 is 0 Å². The van der Waals surface area contributed by atoms with Crippen LogP contribution in [0.3, 0.4) is 0 Å². The second-order valence-electron chi connectivity index (χ2n) is 4.02. The van der Waals surface area contributed by atoms with Gasteiger partial charge in [0.15, 0.2) is 0 Å². The maximum Gasteiger partial charge on any atom is 0.293 e. The van der Waals surface area contributed by atoms with Gasteiger partial charge in [0.2, 0.25) is 11.8 Å². The Morgan fingerprint density at radius 1 is 1.16 bits per heavy atom. The molecule has 4 N–H and O–H groups in total. The maximum absolute atomic E-state index is 12.0. The van der Waals surface area contributed by atoms with Crippen molar-refractivity contribution in [3.8, 4) is 0 Å². The lowest BCUT2D eigenvalue weighted by atomic mass is 10.1. The van der Waals surface area contributed by atoms with Crippen molar-refractivity contribution in [2.75, 3.05) is 11.1 Å².